The average Bonchev–Trinajstić information content (AvgIpc) is 3.35. The third-order valence-corrected chi connectivity index (χ3v) is 7.88. The summed E-state index contributed by atoms with van der Waals surface area (Å²) in [7, 11) is -3.91. The average molecular weight is 513 g/mol. The first-order valence-electron chi connectivity index (χ1n) is 10.4. The molecule has 1 N–H and O–H groups in total. The number of nitrogens with one attached hydrogen (secondary N) is 1. The lowest BCUT2D eigenvalue weighted by Crippen LogP contribution is -2.27. The van der Waals surface area contributed by atoms with E-state index in [9.17, 15) is 13.2 Å². The Hall–Kier alpha value is -3.27. The molecule has 0 aliphatic rings. The van der Waals surface area contributed by atoms with Crippen LogP contribution in [0.15, 0.2) is 83.2 Å². The minimum absolute atomic E-state index is 0.133. The second kappa shape index (κ2) is 10.3. The number of nitrogens with zero attached hydrogens (tertiary/aromatic N) is 3. The number of hydrogen-bond acceptors (Lipinski definition) is 6. The van der Waals surface area contributed by atoms with E-state index in [0.717, 1.165) is 22.5 Å². The summed E-state index contributed by atoms with van der Waals surface area (Å²) in [5.41, 5.74) is 4.23. The number of benzene rings is 3. The SMILES string of the molecule is Cc1ccc(Cl)cc1C(=O)NCCc1ccc(S(=O)(=O)N(c2ccccc2)c2nncs2)cc1. The predicted molar refractivity (Wildman–Crippen MR) is 134 cm³/mol. The van der Waals surface area contributed by atoms with Crippen molar-refractivity contribution in [2.75, 3.05) is 10.8 Å². The maximum absolute atomic E-state index is 13.5. The first-order chi connectivity index (χ1) is 16.4. The van der Waals surface area contributed by atoms with Crippen molar-refractivity contribution in [3.05, 3.63) is 100 Å². The molecule has 0 saturated heterocycles. The number of carbonyl (C=O) groups excluding carboxylic acids is 1. The zero-order chi connectivity index (χ0) is 24.1. The number of amides is 1. The van der Waals surface area contributed by atoms with Gasteiger partial charge in [0.15, 0.2) is 0 Å². The van der Waals surface area contributed by atoms with Crippen molar-refractivity contribution in [2.45, 2.75) is 18.2 Å². The van der Waals surface area contributed by atoms with Crippen LogP contribution in [0.2, 0.25) is 5.02 Å². The van der Waals surface area contributed by atoms with Gasteiger partial charge in [0.25, 0.3) is 15.9 Å². The van der Waals surface area contributed by atoms with Crippen LogP contribution in [0.4, 0.5) is 10.8 Å². The van der Waals surface area contributed by atoms with Crippen molar-refractivity contribution in [2.24, 2.45) is 0 Å². The fourth-order valence-corrected chi connectivity index (χ4v) is 5.77. The second-order valence-corrected chi connectivity index (χ2v) is 10.5. The molecule has 0 spiro atoms. The summed E-state index contributed by atoms with van der Waals surface area (Å²) in [6.45, 7) is 2.25. The summed E-state index contributed by atoms with van der Waals surface area (Å²) < 4.78 is 28.1. The molecule has 1 heterocycles. The second-order valence-electron chi connectivity index (χ2n) is 7.44. The van der Waals surface area contributed by atoms with Gasteiger partial charge in [-0.15, -0.1) is 10.2 Å². The van der Waals surface area contributed by atoms with Crippen LogP contribution in [-0.4, -0.2) is 31.1 Å². The standard InChI is InChI=1S/C24H21ClN4O3S2/c1-17-7-10-19(25)15-22(17)23(30)26-14-13-18-8-11-21(12-9-18)34(31,32)29(24-28-27-16-33-24)20-5-3-2-4-6-20/h2-12,15-16H,13-14H2,1H3,(H,26,30). The van der Waals surface area contributed by atoms with Gasteiger partial charge in [0.05, 0.1) is 10.6 Å². The van der Waals surface area contributed by atoms with Gasteiger partial charge in [-0.2, -0.15) is 0 Å². The van der Waals surface area contributed by atoms with Crippen molar-refractivity contribution in [1.82, 2.24) is 15.5 Å². The van der Waals surface area contributed by atoms with Gasteiger partial charge in [-0.3, -0.25) is 4.79 Å². The van der Waals surface area contributed by atoms with E-state index >= 15 is 0 Å². The highest BCUT2D eigenvalue weighted by Gasteiger charge is 2.28. The number of para-hydroxylation sites is 1. The Balaban J connectivity index is 1.47. The Labute approximate surface area is 207 Å². The maximum atomic E-state index is 13.5. The van der Waals surface area contributed by atoms with E-state index in [2.05, 4.69) is 15.5 Å². The van der Waals surface area contributed by atoms with Gasteiger partial charge in [0.2, 0.25) is 5.13 Å². The molecular formula is C24H21ClN4O3S2. The molecule has 0 fully saturated rings. The van der Waals surface area contributed by atoms with E-state index in [4.69, 9.17) is 11.6 Å². The Kier molecular flexibility index (Phi) is 7.26. The summed E-state index contributed by atoms with van der Waals surface area (Å²) in [6.07, 6.45) is 0.546. The van der Waals surface area contributed by atoms with Gasteiger partial charge in [-0.05, 0) is 60.9 Å². The lowest BCUT2D eigenvalue weighted by molar-refractivity contribution is 0.0953. The van der Waals surface area contributed by atoms with Crippen molar-refractivity contribution in [3.8, 4) is 0 Å². The molecule has 10 heteroatoms. The zero-order valence-electron chi connectivity index (χ0n) is 18.2. The van der Waals surface area contributed by atoms with Crippen molar-refractivity contribution >= 4 is 49.7 Å². The molecule has 1 amide bonds. The summed E-state index contributed by atoms with van der Waals surface area (Å²) in [4.78, 5) is 12.6. The number of anilines is 2. The van der Waals surface area contributed by atoms with Gasteiger partial charge in [0.1, 0.15) is 5.51 Å². The lowest BCUT2D eigenvalue weighted by Gasteiger charge is -2.21. The molecule has 0 radical (unpaired) electrons. The third-order valence-electron chi connectivity index (χ3n) is 5.12. The number of halogens is 1. The highest BCUT2D eigenvalue weighted by molar-refractivity contribution is 7.93. The molecule has 0 aliphatic heterocycles. The minimum Gasteiger partial charge on any atom is -0.352 e. The molecule has 0 atom stereocenters. The maximum Gasteiger partial charge on any atom is 0.270 e. The van der Waals surface area contributed by atoms with Crippen LogP contribution in [0.3, 0.4) is 0 Å². The van der Waals surface area contributed by atoms with Gasteiger partial charge in [-0.25, -0.2) is 12.7 Å². The van der Waals surface area contributed by atoms with E-state index in [1.807, 2.05) is 13.0 Å². The van der Waals surface area contributed by atoms with Gasteiger partial charge >= 0.3 is 0 Å². The van der Waals surface area contributed by atoms with Crippen molar-refractivity contribution in [1.29, 1.82) is 0 Å². The number of hydrogen-bond donors (Lipinski definition) is 1. The normalized spacial score (nSPS) is 11.2. The van der Waals surface area contributed by atoms with Crippen molar-refractivity contribution in [3.63, 3.8) is 0 Å². The topological polar surface area (TPSA) is 92.3 Å². The first kappa shape index (κ1) is 23.9. The van der Waals surface area contributed by atoms with Crippen LogP contribution >= 0.6 is 22.9 Å². The lowest BCUT2D eigenvalue weighted by atomic mass is 10.1. The minimum atomic E-state index is -3.91. The van der Waals surface area contributed by atoms with Crippen LogP contribution in [0.5, 0.6) is 0 Å². The Morgan fingerprint density at radius 2 is 1.79 bits per heavy atom. The van der Waals surface area contributed by atoms with Crippen LogP contribution in [0.1, 0.15) is 21.5 Å². The number of rotatable bonds is 8. The summed E-state index contributed by atoms with van der Waals surface area (Å²) in [5.74, 6) is -0.199. The fourth-order valence-electron chi connectivity index (χ4n) is 3.36. The third kappa shape index (κ3) is 5.27. The molecule has 3 aromatic carbocycles. The summed E-state index contributed by atoms with van der Waals surface area (Å²) in [5, 5.41) is 11.4. The fraction of sp³-hybridized carbons (Fsp3) is 0.125. The summed E-state index contributed by atoms with van der Waals surface area (Å²) >= 11 is 7.14. The van der Waals surface area contributed by atoms with Crippen LogP contribution in [-0.2, 0) is 16.4 Å². The number of aryl methyl sites for hydroxylation is 1. The molecule has 174 valence electrons. The molecule has 4 rings (SSSR count). The monoisotopic (exact) mass is 512 g/mol. The van der Waals surface area contributed by atoms with Gasteiger partial charge in [-0.1, -0.05) is 59.3 Å². The smallest absolute Gasteiger partial charge is 0.270 e. The van der Waals surface area contributed by atoms with Gasteiger partial charge < -0.3 is 5.32 Å². The largest absolute Gasteiger partial charge is 0.352 e. The predicted octanol–water partition coefficient (Wildman–Crippen LogP) is 5.00. The van der Waals surface area contributed by atoms with E-state index in [-0.39, 0.29) is 15.9 Å². The molecule has 1 aromatic heterocycles. The van der Waals surface area contributed by atoms with Gasteiger partial charge in [0, 0.05) is 17.1 Å². The first-order valence-corrected chi connectivity index (χ1v) is 13.1. The highest BCUT2D eigenvalue weighted by atomic mass is 35.5. The summed E-state index contributed by atoms with van der Waals surface area (Å²) in [6, 6.07) is 20.6. The van der Waals surface area contributed by atoms with Crippen LogP contribution in [0, 0.1) is 6.92 Å². The zero-order valence-corrected chi connectivity index (χ0v) is 20.6. The van der Waals surface area contributed by atoms with E-state index in [1.54, 1.807) is 66.7 Å². The van der Waals surface area contributed by atoms with Crippen molar-refractivity contribution < 1.29 is 13.2 Å². The van der Waals surface area contributed by atoms with E-state index in [0.29, 0.717) is 29.2 Å². The molecular weight excluding hydrogens is 492 g/mol. The Morgan fingerprint density at radius 1 is 1.06 bits per heavy atom. The Morgan fingerprint density at radius 3 is 2.47 bits per heavy atom. The Bertz CT molecular complexity index is 1380. The number of carbonyl (C=O) groups is 1. The quantitative estimate of drug-likeness (QED) is 0.358. The molecule has 4 aromatic rings. The highest BCUT2D eigenvalue weighted by Crippen LogP contribution is 2.33. The molecule has 0 bridgehead atoms. The molecule has 0 saturated carbocycles. The van der Waals surface area contributed by atoms with E-state index in [1.165, 1.54) is 9.82 Å². The molecule has 7 nitrogen and oxygen atoms in total. The molecule has 0 unspecified atom stereocenters. The molecule has 34 heavy (non-hydrogen) atoms. The van der Waals surface area contributed by atoms with Crippen LogP contribution < -0.4 is 9.62 Å². The number of aromatic nitrogens is 2. The number of sulfonamides is 1. The van der Waals surface area contributed by atoms with Crippen LogP contribution in [0.25, 0.3) is 0 Å². The van der Waals surface area contributed by atoms with E-state index < -0.39 is 10.0 Å². The molecule has 0 aliphatic carbocycles.